The van der Waals surface area contributed by atoms with E-state index in [1.54, 1.807) is 24.5 Å². The molecule has 3 atom stereocenters. The van der Waals surface area contributed by atoms with Crippen LogP contribution in [0.3, 0.4) is 0 Å². The maximum absolute atomic E-state index is 12.9. The number of hydrazine groups is 1. The van der Waals surface area contributed by atoms with E-state index in [1.807, 2.05) is 24.3 Å². The van der Waals surface area contributed by atoms with Crippen molar-refractivity contribution in [2.45, 2.75) is 32.1 Å². The van der Waals surface area contributed by atoms with Crippen molar-refractivity contribution >= 4 is 22.7 Å². The first-order valence-corrected chi connectivity index (χ1v) is 10.2. The summed E-state index contributed by atoms with van der Waals surface area (Å²) >= 11 is 0. The quantitative estimate of drug-likeness (QED) is 0.659. The summed E-state index contributed by atoms with van der Waals surface area (Å²) in [7, 11) is 0. The predicted octanol–water partition coefficient (Wildman–Crippen LogP) is 4.08. The van der Waals surface area contributed by atoms with Gasteiger partial charge in [-0.05, 0) is 61.3 Å². The second-order valence-corrected chi connectivity index (χ2v) is 8.19. The van der Waals surface area contributed by atoms with E-state index in [4.69, 9.17) is 4.42 Å². The molecule has 148 valence electrons. The van der Waals surface area contributed by atoms with E-state index >= 15 is 0 Å². The normalized spacial score (nSPS) is 22.7. The maximum Gasteiger partial charge on any atom is 0.270 e. The highest BCUT2D eigenvalue weighted by atomic mass is 16.3. The van der Waals surface area contributed by atoms with Crippen LogP contribution in [0.1, 0.15) is 42.5 Å². The van der Waals surface area contributed by atoms with E-state index in [2.05, 4.69) is 15.8 Å². The number of nitrogens with zero attached hydrogens (tertiary/aromatic N) is 1. The fourth-order valence-electron chi connectivity index (χ4n) is 5.02. The van der Waals surface area contributed by atoms with E-state index in [1.165, 1.54) is 19.3 Å². The summed E-state index contributed by atoms with van der Waals surface area (Å²) in [6.45, 7) is 0. The van der Waals surface area contributed by atoms with Gasteiger partial charge < -0.3 is 4.42 Å². The average molecular weight is 389 g/mol. The van der Waals surface area contributed by atoms with Crippen LogP contribution in [0.15, 0.2) is 53.1 Å². The van der Waals surface area contributed by atoms with E-state index in [-0.39, 0.29) is 11.8 Å². The van der Waals surface area contributed by atoms with Crippen LogP contribution in [0.25, 0.3) is 22.4 Å². The van der Waals surface area contributed by atoms with Gasteiger partial charge in [-0.3, -0.25) is 20.4 Å². The molecule has 2 aliphatic carbocycles. The molecule has 2 fully saturated rings. The molecule has 6 heteroatoms. The Labute approximate surface area is 168 Å². The third-order valence-electron chi connectivity index (χ3n) is 6.38. The molecule has 0 spiro atoms. The zero-order chi connectivity index (χ0) is 19.8. The molecule has 6 nitrogen and oxygen atoms in total. The van der Waals surface area contributed by atoms with Crippen LogP contribution in [0, 0.1) is 17.8 Å². The van der Waals surface area contributed by atoms with Gasteiger partial charge in [-0.2, -0.15) is 0 Å². The smallest absolute Gasteiger partial charge is 0.270 e. The van der Waals surface area contributed by atoms with Gasteiger partial charge in [0.15, 0.2) is 5.76 Å². The Hall–Kier alpha value is -3.15. The van der Waals surface area contributed by atoms with Gasteiger partial charge in [-0.1, -0.05) is 24.6 Å². The number of carbonyl (C=O) groups is 2. The summed E-state index contributed by atoms with van der Waals surface area (Å²) in [6, 6.07) is 12.7. The number of nitrogens with one attached hydrogen (secondary N) is 2. The molecule has 2 heterocycles. The first-order chi connectivity index (χ1) is 14.2. The fraction of sp³-hybridized carbons (Fsp3) is 0.348. The number of fused-ring (bicyclic) bond motifs is 3. The summed E-state index contributed by atoms with van der Waals surface area (Å²) in [6.07, 6.45) is 7.02. The highest BCUT2D eigenvalue weighted by Crippen LogP contribution is 2.49. The summed E-state index contributed by atoms with van der Waals surface area (Å²) in [5.74, 6) is 2.04. The summed E-state index contributed by atoms with van der Waals surface area (Å²) in [5.41, 5.74) is 6.91. The van der Waals surface area contributed by atoms with Crippen molar-refractivity contribution < 1.29 is 14.0 Å². The second-order valence-electron chi connectivity index (χ2n) is 8.19. The molecule has 2 aromatic heterocycles. The van der Waals surface area contributed by atoms with Crippen LogP contribution in [-0.2, 0) is 4.79 Å². The lowest BCUT2D eigenvalue weighted by Crippen LogP contribution is -2.42. The van der Waals surface area contributed by atoms with E-state index in [0.29, 0.717) is 40.8 Å². The molecule has 2 N–H and O–H groups in total. The fourth-order valence-corrected chi connectivity index (χ4v) is 5.02. The standard InChI is InChI=1S/C23H23N3O3/c27-22(12-16-11-14-7-8-15(16)10-14)25-26-23(28)18-13-20(21-6-3-9-29-21)24-19-5-2-1-4-17(18)19/h1-6,9,13-16H,7-8,10-12H2,(H,25,27)(H,26,28)/t14-,15-,16-/m1/s1. The number of amides is 2. The van der Waals surface area contributed by atoms with E-state index in [0.717, 1.165) is 17.7 Å². The highest BCUT2D eigenvalue weighted by Gasteiger charge is 2.40. The molecule has 5 rings (SSSR count). The van der Waals surface area contributed by atoms with Crippen molar-refractivity contribution in [1.29, 1.82) is 0 Å². The molecular formula is C23H23N3O3. The van der Waals surface area contributed by atoms with Gasteiger partial charge in [0.2, 0.25) is 5.91 Å². The molecule has 3 aromatic rings. The maximum atomic E-state index is 12.9. The minimum absolute atomic E-state index is 0.125. The lowest BCUT2D eigenvalue weighted by atomic mass is 9.86. The predicted molar refractivity (Wildman–Crippen MR) is 109 cm³/mol. The van der Waals surface area contributed by atoms with Gasteiger partial charge in [0.1, 0.15) is 5.69 Å². The van der Waals surface area contributed by atoms with Crippen molar-refractivity contribution in [3.63, 3.8) is 0 Å². The van der Waals surface area contributed by atoms with Gasteiger partial charge in [0.25, 0.3) is 5.91 Å². The van der Waals surface area contributed by atoms with Crippen molar-refractivity contribution in [2.24, 2.45) is 17.8 Å². The number of hydrogen-bond acceptors (Lipinski definition) is 4. The largest absolute Gasteiger partial charge is 0.463 e. The second kappa shape index (κ2) is 7.35. The van der Waals surface area contributed by atoms with Gasteiger partial charge in [0.05, 0.1) is 17.3 Å². The lowest BCUT2D eigenvalue weighted by molar-refractivity contribution is -0.123. The molecule has 2 amide bonds. The van der Waals surface area contributed by atoms with Crippen molar-refractivity contribution in [3.05, 3.63) is 54.3 Å². The number of para-hydroxylation sites is 1. The molecule has 0 saturated heterocycles. The third-order valence-corrected chi connectivity index (χ3v) is 6.38. The first kappa shape index (κ1) is 17.9. The number of carbonyl (C=O) groups excluding carboxylic acids is 2. The Bertz CT molecular complexity index is 1060. The molecule has 2 bridgehead atoms. The summed E-state index contributed by atoms with van der Waals surface area (Å²) in [4.78, 5) is 29.8. The molecule has 2 saturated carbocycles. The Morgan fingerprint density at radius 3 is 2.72 bits per heavy atom. The SMILES string of the molecule is O=C(C[C@H]1C[C@@H]2CC[C@@H]1C2)NNC(=O)c1cc(-c2ccco2)nc2ccccc12. The number of aromatic nitrogens is 1. The minimum atomic E-state index is -0.363. The van der Waals surface area contributed by atoms with Gasteiger partial charge in [-0.25, -0.2) is 4.98 Å². The molecule has 1 aromatic carbocycles. The Morgan fingerprint density at radius 1 is 1.07 bits per heavy atom. The van der Waals surface area contributed by atoms with E-state index in [9.17, 15) is 9.59 Å². The molecular weight excluding hydrogens is 366 g/mol. The van der Waals surface area contributed by atoms with Gasteiger partial charge in [0, 0.05) is 11.8 Å². The zero-order valence-corrected chi connectivity index (χ0v) is 16.1. The molecule has 0 aliphatic heterocycles. The van der Waals surface area contributed by atoms with Crippen molar-refractivity contribution in [2.75, 3.05) is 0 Å². The van der Waals surface area contributed by atoms with Crippen LogP contribution < -0.4 is 10.9 Å². The highest BCUT2D eigenvalue weighted by molar-refractivity contribution is 6.07. The number of benzene rings is 1. The van der Waals surface area contributed by atoms with Crippen molar-refractivity contribution in [3.8, 4) is 11.5 Å². The van der Waals surface area contributed by atoms with Crippen LogP contribution in [0.5, 0.6) is 0 Å². The monoisotopic (exact) mass is 389 g/mol. The Morgan fingerprint density at radius 2 is 1.97 bits per heavy atom. The summed E-state index contributed by atoms with van der Waals surface area (Å²) < 4.78 is 5.44. The molecule has 29 heavy (non-hydrogen) atoms. The Kier molecular flexibility index (Phi) is 4.54. The summed E-state index contributed by atoms with van der Waals surface area (Å²) in [5, 5.41) is 0.725. The van der Waals surface area contributed by atoms with Gasteiger partial charge >= 0.3 is 0 Å². The number of hydrogen-bond donors (Lipinski definition) is 2. The number of pyridine rings is 1. The molecule has 0 unspecified atom stereocenters. The van der Waals surface area contributed by atoms with Gasteiger partial charge in [-0.15, -0.1) is 0 Å². The van der Waals surface area contributed by atoms with Crippen LogP contribution in [0.2, 0.25) is 0 Å². The first-order valence-electron chi connectivity index (χ1n) is 10.2. The zero-order valence-electron chi connectivity index (χ0n) is 16.1. The Balaban J connectivity index is 1.32. The van der Waals surface area contributed by atoms with Crippen LogP contribution >= 0.6 is 0 Å². The number of rotatable bonds is 4. The minimum Gasteiger partial charge on any atom is -0.463 e. The molecule has 2 aliphatic rings. The van der Waals surface area contributed by atoms with Crippen molar-refractivity contribution in [1.82, 2.24) is 15.8 Å². The van der Waals surface area contributed by atoms with Crippen LogP contribution in [-0.4, -0.2) is 16.8 Å². The number of furan rings is 1. The topological polar surface area (TPSA) is 84.2 Å². The van der Waals surface area contributed by atoms with Crippen LogP contribution in [0.4, 0.5) is 0 Å². The van der Waals surface area contributed by atoms with E-state index < -0.39 is 0 Å². The lowest BCUT2D eigenvalue weighted by Gasteiger charge is -2.21. The average Bonchev–Trinajstić information content (AvgIpc) is 3.49. The molecule has 0 radical (unpaired) electrons. The third kappa shape index (κ3) is 3.50.